The number of amides is 1. The van der Waals surface area contributed by atoms with Gasteiger partial charge in [0.05, 0.1) is 12.5 Å². The normalized spacial score (nSPS) is 19.3. The molecule has 2 N–H and O–H groups in total. The molecule has 0 spiro atoms. The van der Waals surface area contributed by atoms with E-state index in [-0.39, 0.29) is 17.9 Å². The zero-order chi connectivity index (χ0) is 13.0. The lowest BCUT2D eigenvalue weighted by molar-refractivity contribution is -0.201. The quantitative estimate of drug-likeness (QED) is 0.888. The van der Waals surface area contributed by atoms with Gasteiger partial charge in [-0.2, -0.15) is 0 Å². The van der Waals surface area contributed by atoms with Crippen molar-refractivity contribution in [2.75, 3.05) is 13.2 Å². The molecule has 1 fully saturated rings. The molecule has 98 valence electrons. The maximum atomic E-state index is 12.2. The first-order valence-corrected chi connectivity index (χ1v) is 6.45. The molecule has 2 unspecified atom stereocenters. The van der Waals surface area contributed by atoms with E-state index in [0.29, 0.717) is 13.2 Å². The van der Waals surface area contributed by atoms with Crippen LogP contribution in [0.2, 0.25) is 0 Å². The molecular weight excluding hydrogens is 228 g/mol. The van der Waals surface area contributed by atoms with E-state index < -0.39 is 0 Å². The van der Waals surface area contributed by atoms with Crippen LogP contribution in [0.25, 0.3) is 0 Å². The number of rotatable bonds is 3. The minimum Gasteiger partial charge on any atom is -0.323 e. The molecule has 2 rings (SSSR count). The number of benzene rings is 1. The number of hydroxylamine groups is 2. The topological polar surface area (TPSA) is 55.6 Å². The van der Waals surface area contributed by atoms with Crippen LogP contribution in [0.5, 0.6) is 0 Å². The van der Waals surface area contributed by atoms with Crippen LogP contribution in [0.4, 0.5) is 0 Å². The molecule has 0 aliphatic carbocycles. The van der Waals surface area contributed by atoms with Crippen molar-refractivity contribution in [1.29, 1.82) is 0 Å². The molecule has 2 atom stereocenters. The van der Waals surface area contributed by atoms with Gasteiger partial charge in [0.15, 0.2) is 0 Å². The minimum absolute atomic E-state index is 0.0222. The molecule has 1 aliphatic rings. The van der Waals surface area contributed by atoms with Gasteiger partial charge in [-0.15, -0.1) is 0 Å². The highest BCUT2D eigenvalue weighted by atomic mass is 16.7. The SMILES string of the molecule is CC(C(=O)N1CCCCO1)C(N)c1ccccc1. The van der Waals surface area contributed by atoms with Crippen LogP contribution in [0, 0.1) is 5.92 Å². The maximum Gasteiger partial charge on any atom is 0.250 e. The summed E-state index contributed by atoms with van der Waals surface area (Å²) in [6.07, 6.45) is 2.02. The van der Waals surface area contributed by atoms with Crippen LogP contribution in [0.15, 0.2) is 30.3 Å². The first-order chi connectivity index (χ1) is 8.70. The van der Waals surface area contributed by atoms with Crippen molar-refractivity contribution in [1.82, 2.24) is 5.06 Å². The van der Waals surface area contributed by atoms with E-state index in [0.717, 1.165) is 18.4 Å². The molecule has 4 nitrogen and oxygen atoms in total. The minimum atomic E-state index is -0.288. The number of hydrogen-bond acceptors (Lipinski definition) is 3. The Morgan fingerprint density at radius 3 is 2.67 bits per heavy atom. The van der Waals surface area contributed by atoms with E-state index in [1.807, 2.05) is 37.3 Å². The first-order valence-electron chi connectivity index (χ1n) is 6.45. The second-order valence-corrected chi connectivity index (χ2v) is 4.71. The molecule has 18 heavy (non-hydrogen) atoms. The van der Waals surface area contributed by atoms with Gasteiger partial charge in [-0.25, -0.2) is 5.06 Å². The molecule has 0 bridgehead atoms. The van der Waals surface area contributed by atoms with Crippen LogP contribution < -0.4 is 5.73 Å². The summed E-state index contributed by atoms with van der Waals surface area (Å²) in [6, 6.07) is 9.42. The number of nitrogens with two attached hydrogens (primary N) is 1. The summed E-state index contributed by atoms with van der Waals surface area (Å²) in [5.41, 5.74) is 7.12. The molecule has 0 radical (unpaired) electrons. The molecule has 0 aromatic heterocycles. The summed E-state index contributed by atoms with van der Waals surface area (Å²) in [6.45, 7) is 3.15. The Kier molecular flexibility index (Phi) is 4.33. The number of hydrogen-bond donors (Lipinski definition) is 1. The van der Waals surface area contributed by atoms with Crippen LogP contribution in [0.3, 0.4) is 0 Å². The molecular formula is C14H20N2O2. The van der Waals surface area contributed by atoms with Gasteiger partial charge < -0.3 is 5.73 Å². The predicted molar refractivity (Wildman–Crippen MR) is 69.4 cm³/mol. The highest BCUT2D eigenvalue weighted by molar-refractivity contribution is 5.78. The number of carbonyl (C=O) groups excluding carboxylic acids is 1. The first kappa shape index (κ1) is 13.1. The third-order valence-electron chi connectivity index (χ3n) is 3.36. The lowest BCUT2D eigenvalue weighted by atomic mass is 9.94. The van der Waals surface area contributed by atoms with Crippen molar-refractivity contribution in [2.24, 2.45) is 11.7 Å². The molecule has 1 aromatic rings. The molecule has 1 saturated heterocycles. The van der Waals surface area contributed by atoms with Gasteiger partial charge in [0.2, 0.25) is 0 Å². The van der Waals surface area contributed by atoms with Gasteiger partial charge in [0.25, 0.3) is 5.91 Å². The summed E-state index contributed by atoms with van der Waals surface area (Å²) in [4.78, 5) is 17.6. The smallest absolute Gasteiger partial charge is 0.250 e. The third-order valence-corrected chi connectivity index (χ3v) is 3.36. The van der Waals surface area contributed by atoms with E-state index >= 15 is 0 Å². The third kappa shape index (κ3) is 2.89. The Balaban J connectivity index is 2.01. The summed E-state index contributed by atoms with van der Waals surface area (Å²) in [5.74, 6) is -0.295. The van der Waals surface area contributed by atoms with E-state index in [2.05, 4.69) is 0 Å². The van der Waals surface area contributed by atoms with Crippen LogP contribution in [0.1, 0.15) is 31.4 Å². The van der Waals surface area contributed by atoms with E-state index in [4.69, 9.17) is 10.6 Å². The molecule has 4 heteroatoms. The zero-order valence-electron chi connectivity index (χ0n) is 10.7. The van der Waals surface area contributed by atoms with Gasteiger partial charge in [0, 0.05) is 12.6 Å². The van der Waals surface area contributed by atoms with Crippen molar-refractivity contribution in [2.45, 2.75) is 25.8 Å². The fourth-order valence-corrected chi connectivity index (χ4v) is 2.12. The summed E-state index contributed by atoms with van der Waals surface area (Å²) >= 11 is 0. The largest absolute Gasteiger partial charge is 0.323 e. The van der Waals surface area contributed by atoms with E-state index in [1.165, 1.54) is 5.06 Å². The van der Waals surface area contributed by atoms with Crippen molar-refractivity contribution in [3.8, 4) is 0 Å². The second kappa shape index (κ2) is 5.98. The fraction of sp³-hybridized carbons (Fsp3) is 0.500. The zero-order valence-corrected chi connectivity index (χ0v) is 10.7. The summed E-state index contributed by atoms with van der Waals surface area (Å²) in [7, 11) is 0. The van der Waals surface area contributed by atoms with Gasteiger partial charge in [-0.1, -0.05) is 37.3 Å². The lowest BCUT2D eigenvalue weighted by Gasteiger charge is -2.30. The standard InChI is InChI=1S/C14H20N2O2/c1-11(13(15)12-7-3-2-4-8-12)14(17)16-9-5-6-10-18-16/h2-4,7-8,11,13H,5-6,9-10,15H2,1H3. The van der Waals surface area contributed by atoms with Crippen molar-refractivity contribution in [3.05, 3.63) is 35.9 Å². The maximum absolute atomic E-state index is 12.2. The highest BCUT2D eigenvalue weighted by Gasteiger charge is 2.28. The highest BCUT2D eigenvalue weighted by Crippen LogP contribution is 2.22. The monoisotopic (exact) mass is 248 g/mol. The molecule has 0 saturated carbocycles. The fourth-order valence-electron chi connectivity index (χ4n) is 2.12. The van der Waals surface area contributed by atoms with Crippen LogP contribution in [-0.2, 0) is 9.63 Å². The Hall–Kier alpha value is -1.39. The lowest BCUT2D eigenvalue weighted by Crippen LogP contribution is -2.42. The van der Waals surface area contributed by atoms with Crippen molar-refractivity contribution in [3.63, 3.8) is 0 Å². The molecule has 1 amide bonds. The Labute approximate surface area is 108 Å². The average Bonchev–Trinajstić information content (AvgIpc) is 2.47. The van der Waals surface area contributed by atoms with Crippen molar-refractivity contribution >= 4 is 5.91 Å². The second-order valence-electron chi connectivity index (χ2n) is 4.71. The Morgan fingerprint density at radius 1 is 1.33 bits per heavy atom. The van der Waals surface area contributed by atoms with Gasteiger partial charge in [-0.05, 0) is 18.4 Å². The molecule has 1 aromatic carbocycles. The van der Waals surface area contributed by atoms with Gasteiger partial charge in [0.1, 0.15) is 0 Å². The van der Waals surface area contributed by atoms with Gasteiger partial charge in [-0.3, -0.25) is 9.63 Å². The Morgan fingerprint density at radius 2 is 2.06 bits per heavy atom. The number of carbonyl (C=O) groups is 1. The molecule has 1 heterocycles. The summed E-state index contributed by atoms with van der Waals surface area (Å²) in [5, 5.41) is 1.47. The van der Waals surface area contributed by atoms with E-state index in [1.54, 1.807) is 0 Å². The van der Waals surface area contributed by atoms with Crippen molar-refractivity contribution < 1.29 is 9.63 Å². The Bertz CT molecular complexity index is 388. The van der Waals surface area contributed by atoms with Crippen LogP contribution in [-0.4, -0.2) is 24.1 Å². The number of nitrogens with zero attached hydrogens (tertiary/aromatic N) is 1. The average molecular weight is 248 g/mol. The summed E-state index contributed by atoms with van der Waals surface area (Å²) < 4.78 is 0. The predicted octanol–water partition coefficient (Wildman–Crippen LogP) is 1.88. The van der Waals surface area contributed by atoms with Crippen LogP contribution >= 0.6 is 0 Å². The van der Waals surface area contributed by atoms with E-state index in [9.17, 15) is 4.79 Å². The molecule has 1 aliphatic heterocycles. The van der Waals surface area contributed by atoms with Gasteiger partial charge >= 0.3 is 0 Å².